The summed E-state index contributed by atoms with van der Waals surface area (Å²) in [5.41, 5.74) is 2.76. The second-order valence-corrected chi connectivity index (χ2v) is 8.87. The molecule has 206 valence electrons. The SMILES string of the molecule is CCOC(=O)/C=C/Oc1c([C@H](C(=O)OCC)[C@@H](O)c2ccc(C)cc2)cc(C(=O)OCC)c2cc(C)ccc12. The molecule has 0 aliphatic carbocycles. The molecule has 3 aromatic rings. The van der Waals surface area contributed by atoms with E-state index in [0.717, 1.165) is 23.5 Å². The van der Waals surface area contributed by atoms with E-state index in [1.807, 2.05) is 38.1 Å². The molecule has 0 radical (unpaired) electrons. The Morgan fingerprint density at radius 3 is 2.10 bits per heavy atom. The van der Waals surface area contributed by atoms with Crippen LogP contribution in [0.15, 0.2) is 60.9 Å². The lowest BCUT2D eigenvalue weighted by Gasteiger charge is -2.25. The van der Waals surface area contributed by atoms with Crippen LogP contribution >= 0.6 is 0 Å². The zero-order chi connectivity index (χ0) is 28.5. The Kier molecular flexibility index (Phi) is 10.2. The van der Waals surface area contributed by atoms with Crippen molar-refractivity contribution in [2.45, 2.75) is 46.6 Å². The molecule has 0 amide bonds. The van der Waals surface area contributed by atoms with Gasteiger partial charge < -0.3 is 24.1 Å². The molecule has 8 heteroatoms. The van der Waals surface area contributed by atoms with Crippen LogP contribution in [-0.2, 0) is 23.8 Å². The zero-order valence-electron chi connectivity index (χ0n) is 22.9. The summed E-state index contributed by atoms with van der Waals surface area (Å²) in [5.74, 6) is -2.98. The summed E-state index contributed by atoms with van der Waals surface area (Å²) in [5, 5.41) is 12.5. The predicted octanol–water partition coefficient (Wildman–Crippen LogP) is 5.47. The van der Waals surface area contributed by atoms with E-state index in [0.29, 0.717) is 16.3 Å². The number of aryl methyl sites for hydroxylation is 2. The minimum atomic E-state index is -1.33. The monoisotopic (exact) mass is 534 g/mol. The summed E-state index contributed by atoms with van der Waals surface area (Å²) < 4.78 is 21.6. The highest BCUT2D eigenvalue weighted by Crippen LogP contribution is 2.43. The Labute approximate surface area is 228 Å². The van der Waals surface area contributed by atoms with E-state index in [9.17, 15) is 19.5 Å². The summed E-state index contributed by atoms with van der Waals surface area (Å²) in [6.07, 6.45) is 0.933. The van der Waals surface area contributed by atoms with E-state index in [-0.39, 0.29) is 36.7 Å². The Balaban J connectivity index is 2.32. The number of esters is 3. The van der Waals surface area contributed by atoms with Crippen molar-refractivity contribution in [2.75, 3.05) is 19.8 Å². The Morgan fingerprint density at radius 1 is 0.821 bits per heavy atom. The lowest BCUT2D eigenvalue weighted by Crippen LogP contribution is -2.24. The topological polar surface area (TPSA) is 108 Å². The number of ether oxygens (including phenoxy) is 4. The van der Waals surface area contributed by atoms with Gasteiger partial charge in [0.2, 0.25) is 0 Å². The zero-order valence-corrected chi connectivity index (χ0v) is 22.9. The standard InChI is InChI=1S/C31H34O8/c1-6-36-26(32)15-16-39-29-22-14-11-20(5)17-23(22)24(30(34)37-7-2)18-25(29)27(31(35)38-8-3)28(33)21-12-9-19(4)10-13-21/h9-18,27-28,33H,6-8H2,1-5H3/b16-15+/t27-,28-/m0/s1. The molecule has 1 N–H and O–H groups in total. The molecule has 0 aliphatic rings. The van der Waals surface area contributed by atoms with Crippen LogP contribution < -0.4 is 4.74 Å². The molecule has 3 rings (SSSR count). The molecule has 0 aromatic heterocycles. The summed E-state index contributed by atoms with van der Waals surface area (Å²) >= 11 is 0. The first-order valence-electron chi connectivity index (χ1n) is 12.9. The largest absolute Gasteiger partial charge is 0.465 e. The Bertz CT molecular complexity index is 1360. The quantitative estimate of drug-likeness (QED) is 0.149. The van der Waals surface area contributed by atoms with E-state index in [4.69, 9.17) is 18.9 Å². The summed E-state index contributed by atoms with van der Waals surface area (Å²) in [6, 6.07) is 14.0. The van der Waals surface area contributed by atoms with Crippen LogP contribution in [0.1, 0.15) is 65.4 Å². The number of carbonyl (C=O) groups is 3. The number of aliphatic hydroxyl groups is 1. The summed E-state index contributed by atoms with van der Waals surface area (Å²) in [6.45, 7) is 9.27. The van der Waals surface area contributed by atoms with Gasteiger partial charge in [0, 0.05) is 16.3 Å². The molecule has 0 saturated carbocycles. The molecule has 8 nitrogen and oxygen atoms in total. The molecule has 0 fully saturated rings. The van der Waals surface area contributed by atoms with Crippen LogP contribution in [-0.4, -0.2) is 42.8 Å². The highest BCUT2D eigenvalue weighted by Gasteiger charge is 2.35. The summed E-state index contributed by atoms with van der Waals surface area (Å²) in [4.78, 5) is 38.4. The number of carbonyl (C=O) groups excluding carboxylic acids is 3. The molecule has 0 aliphatic heterocycles. The average molecular weight is 535 g/mol. The third-order valence-corrected chi connectivity index (χ3v) is 6.05. The first kappa shape index (κ1) is 29.4. The fourth-order valence-corrected chi connectivity index (χ4v) is 4.24. The molecule has 0 unspecified atom stereocenters. The smallest absolute Gasteiger partial charge is 0.338 e. The van der Waals surface area contributed by atoms with Crippen molar-refractivity contribution in [3.63, 3.8) is 0 Å². The molecule has 0 saturated heterocycles. The number of rotatable bonds is 11. The maximum atomic E-state index is 13.4. The maximum Gasteiger partial charge on any atom is 0.338 e. The number of hydrogen-bond acceptors (Lipinski definition) is 8. The van der Waals surface area contributed by atoms with Crippen LogP contribution in [0.5, 0.6) is 5.75 Å². The van der Waals surface area contributed by atoms with Crippen molar-refractivity contribution in [2.24, 2.45) is 0 Å². The normalized spacial score (nSPS) is 12.7. The number of benzene rings is 3. The molecule has 3 aromatic carbocycles. The van der Waals surface area contributed by atoms with Crippen LogP contribution in [0.25, 0.3) is 10.8 Å². The molecular weight excluding hydrogens is 500 g/mol. The molecule has 2 atom stereocenters. The third-order valence-electron chi connectivity index (χ3n) is 6.05. The second-order valence-electron chi connectivity index (χ2n) is 8.87. The van der Waals surface area contributed by atoms with Crippen LogP contribution in [0.3, 0.4) is 0 Å². The van der Waals surface area contributed by atoms with Crippen molar-refractivity contribution in [3.8, 4) is 5.75 Å². The van der Waals surface area contributed by atoms with E-state index < -0.39 is 29.9 Å². The third kappa shape index (κ3) is 7.03. The number of aliphatic hydroxyl groups excluding tert-OH is 1. The van der Waals surface area contributed by atoms with Gasteiger partial charge in [-0.15, -0.1) is 0 Å². The lowest BCUT2D eigenvalue weighted by molar-refractivity contribution is -0.148. The lowest BCUT2D eigenvalue weighted by atomic mass is 9.85. The molecule has 0 bridgehead atoms. The Morgan fingerprint density at radius 2 is 1.46 bits per heavy atom. The number of fused-ring (bicyclic) bond motifs is 1. The van der Waals surface area contributed by atoms with Gasteiger partial charge in [-0.05, 0) is 46.2 Å². The fraction of sp³-hybridized carbons (Fsp3) is 0.323. The molecule has 0 heterocycles. The maximum absolute atomic E-state index is 13.4. The van der Waals surface area contributed by atoms with Gasteiger partial charge in [0.25, 0.3) is 0 Å². The van der Waals surface area contributed by atoms with Crippen molar-refractivity contribution in [1.82, 2.24) is 0 Å². The van der Waals surface area contributed by atoms with E-state index in [1.165, 1.54) is 6.07 Å². The van der Waals surface area contributed by atoms with Gasteiger partial charge in [-0.25, -0.2) is 9.59 Å². The van der Waals surface area contributed by atoms with Crippen molar-refractivity contribution in [3.05, 3.63) is 88.7 Å². The van der Waals surface area contributed by atoms with Gasteiger partial charge in [-0.1, -0.05) is 53.6 Å². The predicted molar refractivity (Wildman–Crippen MR) is 147 cm³/mol. The Hall–Kier alpha value is -4.17. The summed E-state index contributed by atoms with van der Waals surface area (Å²) in [7, 11) is 0. The minimum absolute atomic E-state index is 0.0758. The molecule has 39 heavy (non-hydrogen) atoms. The van der Waals surface area contributed by atoms with E-state index >= 15 is 0 Å². The van der Waals surface area contributed by atoms with Gasteiger partial charge >= 0.3 is 17.9 Å². The van der Waals surface area contributed by atoms with Gasteiger partial charge in [0.1, 0.15) is 11.7 Å². The molecular formula is C31H34O8. The van der Waals surface area contributed by atoms with E-state index in [2.05, 4.69) is 0 Å². The van der Waals surface area contributed by atoms with Gasteiger partial charge in [-0.3, -0.25) is 4.79 Å². The van der Waals surface area contributed by atoms with Crippen molar-refractivity contribution < 1.29 is 38.4 Å². The van der Waals surface area contributed by atoms with Crippen LogP contribution in [0, 0.1) is 13.8 Å². The van der Waals surface area contributed by atoms with Gasteiger partial charge in [-0.2, -0.15) is 0 Å². The first-order valence-corrected chi connectivity index (χ1v) is 12.9. The first-order chi connectivity index (χ1) is 18.7. The van der Waals surface area contributed by atoms with Crippen molar-refractivity contribution >= 4 is 28.7 Å². The minimum Gasteiger partial charge on any atom is -0.465 e. The number of hydrogen-bond donors (Lipinski definition) is 1. The second kappa shape index (κ2) is 13.6. The van der Waals surface area contributed by atoms with Crippen LogP contribution in [0.4, 0.5) is 0 Å². The van der Waals surface area contributed by atoms with Crippen molar-refractivity contribution in [1.29, 1.82) is 0 Å². The van der Waals surface area contributed by atoms with Gasteiger partial charge in [0.15, 0.2) is 0 Å². The van der Waals surface area contributed by atoms with Crippen LogP contribution in [0.2, 0.25) is 0 Å². The van der Waals surface area contributed by atoms with E-state index in [1.54, 1.807) is 39.0 Å². The highest BCUT2D eigenvalue weighted by molar-refractivity contribution is 6.08. The molecule has 0 spiro atoms. The highest BCUT2D eigenvalue weighted by atomic mass is 16.5. The van der Waals surface area contributed by atoms with Gasteiger partial charge in [0.05, 0.1) is 43.8 Å². The average Bonchev–Trinajstić information content (AvgIpc) is 2.90. The fourth-order valence-electron chi connectivity index (χ4n) is 4.24.